The van der Waals surface area contributed by atoms with E-state index in [9.17, 15) is 14.4 Å². The molecule has 1 heterocycles. The van der Waals surface area contributed by atoms with Crippen LogP contribution in [0.25, 0.3) is 5.69 Å². The molecule has 0 radical (unpaired) electrons. The molecule has 3 aromatic rings. The Morgan fingerprint density at radius 3 is 2.35 bits per heavy atom. The minimum absolute atomic E-state index is 0.325. The molecule has 0 saturated heterocycles. The fourth-order valence-electron chi connectivity index (χ4n) is 3.05. The summed E-state index contributed by atoms with van der Waals surface area (Å²) in [6, 6.07) is 19.9. The molecule has 158 valence electrons. The number of benzene rings is 2. The predicted octanol–water partition coefficient (Wildman–Crippen LogP) is 2.66. The van der Waals surface area contributed by atoms with Crippen molar-refractivity contribution in [2.75, 3.05) is 18.5 Å². The van der Waals surface area contributed by atoms with Gasteiger partial charge in [0.1, 0.15) is 12.4 Å². The first-order valence-electron chi connectivity index (χ1n) is 10.0. The molecular formula is C23H22N4O4. The topological polar surface area (TPSA) is 102 Å². The fourth-order valence-corrected chi connectivity index (χ4v) is 3.05. The van der Waals surface area contributed by atoms with Crippen molar-refractivity contribution in [2.45, 2.75) is 18.8 Å². The molecule has 0 aliphatic heterocycles. The Hall–Kier alpha value is -3.94. The third kappa shape index (κ3) is 5.36. The number of amides is 2. The van der Waals surface area contributed by atoms with Gasteiger partial charge in [0, 0.05) is 17.5 Å². The van der Waals surface area contributed by atoms with Crippen molar-refractivity contribution in [3.63, 3.8) is 0 Å². The molecule has 8 heteroatoms. The fraction of sp³-hybridized carbons (Fsp3) is 0.217. The monoisotopic (exact) mass is 418 g/mol. The number of carbonyl (C=O) groups is 3. The summed E-state index contributed by atoms with van der Waals surface area (Å²) in [5.41, 5.74) is 2.19. The van der Waals surface area contributed by atoms with E-state index in [-0.39, 0.29) is 12.5 Å². The van der Waals surface area contributed by atoms with Crippen LogP contribution in [-0.2, 0) is 14.3 Å². The van der Waals surface area contributed by atoms with Gasteiger partial charge < -0.3 is 15.4 Å². The Morgan fingerprint density at radius 2 is 1.68 bits per heavy atom. The van der Waals surface area contributed by atoms with Crippen LogP contribution in [-0.4, -0.2) is 40.7 Å². The summed E-state index contributed by atoms with van der Waals surface area (Å²) < 4.78 is 6.65. The Bertz CT molecular complexity index is 1080. The summed E-state index contributed by atoms with van der Waals surface area (Å²) in [4.78, 5) is 36.2. The number of esters is 1. The molecule has 4 rings (SSSR count). The second-order valence-electron chi connectivity index (χ2n) is 7.23. The molecule has 1 aromatic heterocycles. The van der Waals surface area contributed by atoms with Gasteiger partial charge in [-0.3, -0.25) is 14.4 Å². The molecular weight excluding hydrogens is 396 g/mol. The van der Waals surface area contributed by atoms with Gasteiger partial charge in [-0.15, -0.1) is 0 Å². The van der Waals surface area contributed by atoms with Crippen LogP contribution in [0.5, 0.6) is 0 Å². The lowest BCUT2D eigenvalue weighted by molar-refractivity contribution is -0.146. The van der Waals surface area contributed by atoms with Gasteiger partial charge in [-0.05, 0) is 37.1 Å². The Kier molecular flexibility index (Phi) is 6.07. The van der Waals surface area contributed by atoms with E-state index in [0.29, 0.717) is 17.3 Å². The van der Waals surface area contributed by atoms with Gasteiger partial charge in [-0.25, -0.2) is 4.68 Å². The summed E-state index contributed by atoms with van der Waals surface area (Å²) >= 11 is 0. The van der Waals surface area contributed by atoms with Crippen molar-refractivity contribution in [1.82, 2.24) is 15.1 Å². The highest BCUT2D eigenvalue weighted by Gasteiger charge is 2.28. The average Bonchev–Trinajstić information content (AvgIpc) is 3.57. The van der Waals surface area contributed by atoms with Gasteiger partial charge >= 0.3 is 5.97 Å². The lowest BCUT2D eigenvalue weighted by Gasteiger charge is -2.09. The molecule has 1 aliphatic carbocycles. The van der Waals surface area contributed by atoms with Crippen molar-refractivity contribution in [3.8, 4) is 5.69 Å². The summed E-state index contributed by atoms with van der Waals surface area (Å²) in [5.74, 6) is -0.628. The van der Waals surface area contributed by atoms with Crippen LogP contribution in [0.3, 0.4) is 0 Å². The quantitative estimate of drug-likeness (QED) is 0.548. The SMILES string of the molecule is O=C(COC(=O)CNC(=O)c1ccccc1)Nc1cc(C2CC2)nn1-c1ccccc1. The van der Waals surface area contributed by atoms with Crippen molar-refractivity contribution >= 4 is 23.6 Å². The highest BCUT2D eigenvalue weighted by molar-refractivity contribution is 5.96. The normalized spacial score (nSPS) is 12.8. The van der Waals surface area contributed by atoms with Crippen molar-refractivity contribution in [3.05, 3.63) is 78.0 Å². The Morgan fingerprint density at radius 1 is 1.00 bits per heavy atom. The van der Waals surface area contributed by atoms with Gasteiger partial charge in [-0.1, -0.05) is 36.4 Å². The maximum Gasteiger partial charge on any atom is 0.325 e. The molecule has 0 bridgehead atoms. The van der Waals surface area contributed by atoms with Gasteiger partial charge in [-0.2, -0.15) is 5.10 Å². The zero-order valence-corrected chi connectivity index (χ0v) is 16.8. The minimum Gasteiger partial charge on any atom is -0.454 e. The molecule has 2 N–H and O–H groups in total. The molecule has 0 spiro atoms. The largest absolute Gasteiger partial charge is 0.454 e. The number of para-hydroxylation sites is 1. The third-order valence-electron chi connectivity index (χ3n) is 4.79. The lowest BCUT2D eigenvalue weighted by atomic mass is 10.2. The van der Waals surface area contributed by atoms with Gasteiger partial charge in [0.05, 0.1) is 11.4 Å². The van der Waals surface area contributed by atoms with Crippen molar-refractivity contribution < 1.29 is 19.1 Å². The van der Waals surface area contributed by atoms with E-state index in [4.69, 9.17) is 4.74 Å². The molecule has 2 aromatic carbocycles. The van der Waals surface area contributed by atoms with Gasteiger partial charge in [0.25, 0.3) is 11.8 Å². The smallest absolute Gasteiger partial charge is 0.325 e. The van der Waals surface area contributed by atoms with Crippen LogP contribution in [0, 0.1) is 0 Å². The second-order valence-corrected chi connectivity index (χ2v) is 7.23. The maximum absolute atomic E-state index is 12.3. The molecule has 1 saturated carbocycles. The number of hydrogen-bond donors (Lipinski definition) is 2. The second kappa shape index (κ2) is 9.25. The van der Waals surface area contributed by atoms with E-state index >= 15 is 0 Å². The van der Waals surface area contributed by atoms with Gasteiger partial charge in [0.15, 0.2) is 6.61 Å². The molecule has 8 nitrogen and oxygen atoms in total. The first-order chi connectivity index (χ1) is 15.1. The molecule has 0 unspecified atom stereocenters. The number of nitrogens with one attached hydrogen (secondary N) is 2. The average molecular weight is 418 g/mol. The van der Waals surface area contributed by atoms with E-state index in [2.05, 4.69) is 15.7 Å². The summed E-state index contributed by atoms with van der Waals surface area (Å²) in [6.45, 7) is -0.784. The van der Waals surface area contributed by atoms with Crippen molar-refractivity contribution in [1.29, 1.82) is 0 Å². The maximum atomic E-state index is 12.3. The molecule has 2 amide bonds. The van der Waals surface area contributed by atoms with Crippen molar-refractivity contribution in [2.24, 2.45) is 0 Å². The zero-order valence-electron chi connectivity index (χ0n) is 16.8. The first-order valence-corrected chi connectivity index (χ1v) is 10.0. The first kappa shape index (κ1) is 20.3. The molecule has 1 aliphatic rings. The highest BCUT2D eigenvalue weighted by atomic mass is 16.5. The minimum atomic E-state index is -0.699. The standard InChI is InChI=1S/C23H22N4O4/c28-21(15-31-22(29)14-24-23(30)17-7-3-1-4-8-17)25-20-13-19(16-11-12-16)26-27(20)18-9-5-2-6-10-18/h1-10,13,16H,11-12,14-15H2,(H,24,30)(H,25,28). The van der Waals surface area contributed by atoms with Gasteiger partial charge in [0.2, 0.25) is 0 Å². The number of anilines is 1. The zero-order chi connectivity index (χ0) is 21.6. The van der Waals surface area contributed by atoms with Crippen LogP contribution in [0.15, 0.2) is 66.7 Å². The van der Waals surface area contributed by atoms with Crippen LogP contribution >= 0.6 is 0 Å². The number of hydrogen-bond acceptors (Lipinski definition) is 5. The number of ether oxygens (including phenoxy) is 1. The van der Waals surface area contributed by atoms with E-state index in [1.807, 2.05) is 36.4 Å². The van der Waals surface area contributed by atoms with E-state index in [0.717, 1.165) is 24.2 Å². The lowest BCUT2D eigenvalue weighted by Crippen LogP contribution is -2.32. The Labute approximate surface area is 179 Å². The third-order valence-corrected chi connectivity index (χ3v) is 4.79. The van der Waals surface area contributed by atoms with E-state index < -0.39 is 18.5 Å². The highest BCUT2D eigenvalue weighted by Crippen LogP contribution is 2.40. The molecule has 1 fully saturated rings. The number of carbonyl (C=O) groups excluding carboxylic acids is 3. The van der Waals surface area contributed by atoms with Crippen LogP contribution in [0.1, 0.15) is 34.8 Å². The Balaban J connectivity index is 1.31. The molecule has 31 heavy (non-hydrogen) atoms. The number of rotatable bonds is 8. The van der Waals surface area contributed by atoms with Crippen LogP contribution < -0.4 is 10.6 Å². The number of aromatic nitrogens is 2. The van der Waals surface area contributed by atoms with E-state index in [1.165, 1.54) is 0 Å². The van der Waals surface area contributed by atoms with Crippen LogP contribution in [0.4, 0.5) is 5.82 Å². The summed E-state index contributed by atoms with van der Waals surface area (Å²) in [7, 11) is 0. The molecule has 0 atom stereocenters. The predicted molar refractivity (Wildman–Crippen MR) is 114 cm³/mol. The summed E-state index contributed by atoms with van der Waals surface area (Å²) in [5, 5.41) is 9.84. The summed E-state index contributed by atoms with van der Waals surface area (Å²) in [6.07, 6.45) is 2.18. The number of nitrogens with zero attached hydrogens (tertiary/aromatic N) is 2. The van der Waals surface area contributed by atoms with E-state index in [1.54, 1.807) is 35.0 Å². The van der Waals surface area contributed by atoms with Crippen LogP contribution in [0.2, 0.25) is 0 Å².